The number of likely N-dealkylation sites (N-methyl/N-ethyl adjacent to an activating group) is 1. The summed E-state index contributed by atoms with van der Waals surface area (Å²) in [5.41, 5.74) is 0.743. The summed E-state index contributed by atoms with van der Waals surface area (Å²) in [6.07, 6.45) is 0.305. The van der Waals surface area contributed by atoms with Gasteiger partial charge >= 0.3 is 6.03 Å². The van der Waals surface area contributed by atoms with Crippen LogP contribution in [-0.2, 0) is 4.79 Å². The normalized spacial score (nSPS) is 21.0. The molecule has 0 radical (unpaired) electrons. The van der Waals surface area contributed by atoms with Gasteiger partial charge in [0.1, 0.15) is 0 Å². The quantitative estimate of drug-likeness (QED) is 0.746. The number of quaternary nitrogens is 1. The highest BCUT2D eigenvalue weighted by atomic mass is 16.5. The van der Waals surface area contributed by atoms with Gasteiger partial charge in [-0.25, -0.2) is 4.79 Å². The van der Waals surface area contributed by atoms with Crippen molar-refractivity contribution in [2.75, 3.05) is 58.9 Å². The van der Waals surface area contributed by atoms with Gasteiger partial charge in [-0.3, -0.25) is 4.79 Å². The Bertz CT molecular complexity index is 673. The van der Waals surface area contributed by atoms with Crippen molar-refractivity contribution in [3.8, 4) is 11.5 Å². The van der Waals surface area contributed by atoms with E-state index in [4.69, 9.17) is 9.47 Å². The zero-order chi connectivity index (χ0) is 18.7. The van der Waals surface area contributed by atoms with Gasteiger partial charge < -0.3 is 29.5 Å². The fourth-order valence-electron chi connectivity index (χ4n) is 3.40. The van der Waals surface area contributed by atoms with Gasteiger partial charge in [-0.1, -0.05) is 0 Å². The molecule has 8 nitrogen and oxygen atoms in total. The minimum atomic E-state index is -0.185. The fraction of sp³-hybridized carbons (Fsp3) is 0.556. The molecule has 26 heavy (non-hydrogen) atoms. The summed E-state index contributed by atoms with van der Waals surface area (Å²) < 4.78 is 10.5. The minimum absolute atomic E-state index is 0.00894. The number of hydrogen-bond acceptors (Lipinski definition) is 4. The van der Waals surface area contributed by atoms with Crippen LogP contribution >= 0.6 is 0 Å². The molecule has 2 heterocycles. The summed E-state index contributed by atoms with van der Waals surface area (Å²) in [7, 11) is 5.27. The van der Waals surface area contributed by atoms with Crippen LogP contribution < -0.4 is 24.6 Å². The highest BCUT2D eigenvalue weighted by Gasteiger charge is 2.33. The molecule has 0 bridgehead atoms. The number of carbonyl (C=O) groups excluding carboxylic acids is 2. The maximum absolute atomic E-state index is 12.4. The number of anilines is 1. The average Bonchev–Trinajstić information content (AvgIpc) is 3.01. The molecular weight excluding hydrogens is 336 g/mol. The molecule has 142 valence electrons. The summed E-state index contributed by atoms with van der Waals surface area (Å²) in [6, 6.07) is 5.12. The number of benzene rings is 1. The van der Waals surface area contributed by atoms with Crippen LogP contribution in [0.5, 0.6) is 11.5 Å². The summed E-state index contributed by atoms with van der Waals surface area (Å²) in [5, 5.41) is 3.00. The van der Waals surface area contributed by atoms with Crippen molar-refractivity contribution < 1.29 is 24.0 Å². The molecule has 2 aliphatic rings. The molecule has 0 saturated carbocycles. The Balaban J connectivity index is 1.62. The van der Waals surface area contributed by atoms with Crippen LogP contribution in [0, 0.1) is 0 Å². The molecule has 0 spiro atoms. The van der Waals surface area contributed by atoms with Gasteiger partial charge in [0, 0.05) is 24.7 Å². The molecule has 2 aliphatic heterocycles. The summed E-state index contributed by atoms with van der Waals surface area (Å²) >= 11 is 0. The lowest BCUT2D eigenvalue weighted by molar-refractivity contribution is -0.883. The molecule has 0 unspecified atom stereocenters. The topological polar surface area (TPSA) is 75.5 Å². The van der Waals surface area contributed by atoms with Gasteiger partial charge in [-0.15, -0.1) is 0 Å². The standard InChI is InChI=1S/C18H26N4O4/c1-20-6-8-21(9-7-20)18(24)19-13-10-17(23)22(12-13)14-4-5-15(25-2)16(11-14)26-3/h4-5,11,13H,6-10,12H2,1-3H3,(H,19,24)/p+1/t13-/m0/s1. The van der Waals surface area contributed by atoms with Crippen molar-refractivity contribution in [3.63, 3.8) is 0 Å². The van der Waals surface area contributed by atoms with Gasteiger partial charge in [0.25, 0.3) is 0 Å². The maximum Gasteiger partial charge on any atom is 0.318 e. The lowest BCUT2D eigenvalue weighted by Crippen LogP contribution is -3.12. The summed E-state index contributed by atoms with van der Waals surface area (Å²) in [5.74, 6) is 1.18. The second-order valence-electron chi connectivity index (χ2n) is 6.84. The summed E-state index contributed by atoms with van der Waals surface area (Å²) in [6.45, 7) is 3.86. The van der Waals surface area contributed by atoms with Crippen molar-refractivity contribution in [1.82, 2.24) is 10.2 Å². The van der Waals surface area contributed by atoms with E-state index in [1.54, 1.807) is 31.3 Å². The number of hydrogen-bond donors (Lipinski definition) is 2. The van der Waals surface area contributed by atoms with E-state index >= 15 is 0 Å². The van der Waals surface area contributed by atoms with Crippen molar-refractivity contribution in [3.05, 3.63) is 18.2 Å². The first kappa shape index (κ1) is 18.3. The SMILES string of the molecule is COc1ccc(N2C[C@@H](NC(=O)N3CC[NH+](C)CC3)CC2=O)cc1OC. The van der Waals surface area contributed by atoms with Crippen molar-refractivity contribution in [2.24, 2.45) is 0 Å². The zero-order valence-corrected chi connectivity index (χ0v) is 15.6. The van der Waals surface area contributed by atoms with E-state index < -0.39 is 0 Å². The van der Waals surface area contributed by atoms with E-state index in [1.165, 1.54) is 4.90 Å². The third kappa shape index (κ3) is 3.85. The number of amides is 3. The molecule has 0 aliphatic carbocycles. The number of methoxy groups -OCH3 is 2. The van der Waals surface area contributed by atoms with E-state index in [-0.39, 0.29) is 18.0 Å². The summed E-state index contributed by atoms with van der Waals surface area (Å²) in [4.78, 5) is 29.8. The van der Waals surface area contributed by atoms with Crippen LogP contribution in [0.4, 0.5) is 10.5 Å². The van der Waals surface area contributed by atoms with Crippen LogP contribution in [0.2, 0.25) is 0 Å². The fourth-order valence-corrected chi connectivity index (χ4v) is 3.40. The van der Waals surface area contributed by atoms with Gasteiger partial charge in [-0.05, 0) is 12.1 Å². The monoisotopic (exact) mass is 363 g/mol. The van der Waals surface area contributed by atoms with Crippen LogP contribution in [0.25, 0.3) is 0 Å². The van der Waals surface area contributed by atoms with Crippen molar-refractivity contribution in [2.45, 2.75) is 12.5 Å². The highest BCUT2D eigenvalue weighted by Crippen LogP contribution is 2.33. The third-order valence-electron chi connectivity index (χ3n) is 5.04. The third-order valence-corrected chi connectivity index (χ3v) is 5.04. The van der Waals surface area contributed by atoms with Crippen LogP contribution in [0.3, 0.4) is 0 Å². The molecule has 8 heteroatoms. The molecule has 3 rings (SSSR count). The van der Waals surface area contributed by atoms with Crippen LogP contribution in [0.15, 0.2) is 18.2 Å². The Morgan fingerprint density at radius 2 is 1.88 bits per heavy atom. The second kappa shape index (κ2) is 7.82. The number of piperazine rings is 1. The molecule has 3 amide bonds. The van der Waals surface area contributed by atoms with Gasteiger partial charge in [0.15, 0.2) is 11.5 Å². The Morgan fingerprint density at radius 1 is 1.19 bits per heavy atom. The average molecular weight is 363 g/mol. The Hall–Kier alpha value is -2.48. The number of ether oxygens (including phenoxy) is 2. The molecule has 1 aromatic rings. The van der Waals surface area contributed by atoms with E-state index in [0.717, 1.165) is 31.9 Å². The predicted octanol–water partition coefficient (Wildman–Crippen LogP) is -0.651. The van der Waals surface area contributed by atoms with Gasteiger partial charge in [0.2, 0.25) is 5.91 Å². The van der Waals surface area contributed by atoms with Crippen LogP contribution in [-0.4, -0.2) is 76.9 Å². The number of carbonyl (C=O) groups is 2. The smallest absolute Gasteiger partial charge is 0.318 e. The Labute approximate surface area is 153 Å². The molecule has 2 saturated heterocycles. The molecule has 2 fully saturated rings. The number of urea groups is 1. The Morgan fingerprint density at radius 3 is 2.54 bits per heavy atom. The second-order valence-corrected chi connectivity index (χ2v) is 6.84. The molecule has 1 atom stereocenters. The minimum Gasteiger partial charge on any atom is -0.493 e. The van der Waals surface area contributed by atoms with E-state index in [0.29, 0.717) is 24.5 Å². The number of nitrogens with one attached hydrogen (secondary N) is 2. The van der Waals surface area contributed by atoms with Crippen LogP contribution in [0.1, 0.15) is 6.42 Å². The first-order valence-electron chi connectivity index (χ1n) is 8.91. The first-order valence-corrected chi connectivity index (χ1v) is 8.91. The first-order chi connectivity index (χ1) is 12.5. The van der Waals surface area contributed by atoms with E-state index in [1.807, 2.05) is 11.0 Å². The van der Waals surface area contributed by atoms with Crippen molar-refractivity contribution >= 4 is 17.6 Å². The molecule has 1 aromatic carbocycles. The predicted molar refractivity (Wildman–Crippen MR) is 97.0 cm³/mol. The largest absolute Gasteiger partial charge is 0.493 e. The molecular formula is C18H27N4O4+. The molecule has 0 aromatic heterocycles. The lowest BCUT2D eigenvalue weighted by Gasteiger charge is -2.31. The number of rotatable bonds is 4. The van der Waals surface area contributed by atoms with E-state index in [9.17, 15) is 9.59 Å². The highest BCUT2D eigenvalue weighted by molar-refractivity contribution is 5.97. The lowest BCUT2D eigenvalue weighted by atomic mass is 10.2. The van der Waals surface area contributed by atoms with Gasteiger partial charge in [0.05, 0.1) is 53.5 Å². The van der Waals surface area contributed by atoms with Gasteiger partial charge in [-0.2, -0.15) is 0 Å². The molecule has 2 N–H and O–H groups in total. The Kier molecular flexibility index (Phi) is 5.51. The van der Waals surface area contributed by atoms with E-state index in [2.05, 4.69) is 12.4 Å². The number of nitrogens with zero attached hydrogens (tertiary/aromatic N) is 2. The zero-order valence-electron chi connectivity index (χ0n) is 15.6. The van der Waals surface area contributed by atoms with Crippen molar-refractivity contribution in [1.29, 1.82) is 0 Å². The maximum atomic E-state index is 12.4.